The molecule has 4 heteroatoms. The quantitative estimate of drug-likeness (QED) is 0.559. The van der Waals surface area contributed by atoms with E-state index in [1.807, 2.05) is 17.0 Å². The summed E-state index contributed by atoms with van der Waals surface area (Å²) in [5.74, 6) is -0.0419. The Kier molecular flexibility index (Phi) is 4.88. The minimum absolute atomic E-state index is 0.0419. The first kappa shape index (κ1) is 14.9. The summed E-state index contributed by atoms with van der Waals surface area (Å²) in [6, 6.07) is 8.09. The predicted octanol–water partition coefficient (Wildman–Crippen LogP) is -2.21. The molecule has 2 aliphatic rings. The molecule has 116 valence electrons. The van der Waals surface area contributed by atoms with Crippen molar-refractivity contribution < 1.29 is 19.1 Å². The highest BCUT2D eigenvalue weighted by Crippen LogP contribution is 2.05. The number of likely N-dealkylation sites (N-methyl/N-ethyl adjacent to an activating group) is 1. The van der Waals surface area contributed by atoms with Gasteiger partial charge in [0.1, 0.15) is 38.5 Å². The Morgan fingerprint density at radius 1 is 1.00 bits per heavy atom. The van der Waals surface area contributed by atoms with Crippen LogP contribution in [0.25, 0.3) is 0 Å². The zero-order valence-electron chi connectivity index (χ0n) is 13.1. The summed E-state index contributed by atoms with van der Waals surface area (Å²) in [4.78, 5) is 5.06. The number of piperazine rings is 1. The van der Waals surface area contributed by atoms with Crippen molar-refractivity contribution in [2.45, 2.75) is 25.4 Å². The zero-order valence-corrected chi connectivity index (χ0v) is 13.1. The van der Waals surface area contributed by atoms with Crippen LogP contribution < -0.4 is 14.7 Å². The molecule has 2 saturated heterocycles. The Morgan fingerprint density at radius 3 is 2.33 bits per heavy atom. The van der Waals surface area contributed by atoms with Gasteiger partial charge in [0, 0.05) is 18.4 Å². The predicted molar refractivity (Wildman–Crippen MR) is 81.1 cm³/mol. The van der Waals surface area contributed by atoms with Crippen molar-refractivity contribution in [1.82, 2.24) is 0 Å². The smallest absolute Gasteiger partial charge is 0.132 e. The Labute approximate surface area is 127 Å². The van der Waals surface area contributed by atoms with Gasteiger partial charge in [-0.05, 0) is 6.07 Å². The minimum atomic E-state index is -0.0419. The first-order chi connectivity index (χ1) is 10.2. The molecule has 2 heterocycles. The average molecular weight is 294 g/mol. The van der Waals surface area contributed by atoms with E-state index in [0.29, 0.717) is 0 Å². The molecule has 0 unspecified atom stereocenters. The van der Waals surface area contributed by atoms with Crippen molar-refractivity contribution in [3.05, 3.63) is 35.6 Å². The maximum atomic E-state index is 13.7. The number of piperidine rings is 1. The number of quaternary nitrogens is 3. The van der Waals surface area contributed by atoms with Crippen LogP contribution in [0.3, 0.4) is 0 Å². The van der Waals surface area contributed by atoms with E-state index in [9.17, 15) is 4.39 Å². The SMILES string of the molecule is C[NH+]1CC[NH+](C2CC[NH+](Cc3ccccc3F)CC2)CC1. The second kappa shape index (κ2) is 6.86. The van der Waals surface area contributed by atoms with Gasteiger partial charge >= 0.3 is 0 Å². The zero-order chi connectivity index (χ0) is 14.7. The Balaban J connectivity index is 1.48. The molecule has 0 amide bonds. The lowest BCUT2D eigenvalue weighted by molar-refractivity contribution is -1.02. The molecule has 3 rings (SSSR count). The Hall–Kier alpha value is -0.970. The number of benzene rings is 1. The number of halogens is 1. The van der Waals surface area contributed by atoms with E-state index in [-0.39, 0.29) is 5.82 Å². The van der Waals surface area contributed by atoms with Gasteiger partial charge < -0.3 is 14.7 Å². The van der Waals surface area contributed by atoms with Gasteiger partial charge in [-0.3, -0.25) is 0 Å². The third-order valence-electron chi connectivity index (χ3n) is 5.41. The van der Waals surface area contributed by atoms with Crippen molar-refractivity contribution in [3.63, 3.8) is 0 Å². The fourth-order valence-corrected chi connectivity index (χ4v) is 3.93. The maximum Gasteiger partial charge on any atom is 0.132 e. The monoisotopic (exact) mass is 294 g/mol. The molecule has 21 heavy (non-hydrogen) atoms. The number of nitrogens with one attached hydrogen (secondary N) is 3. The number of hydrogen-bond acceptors (Lipinski definition) is 0. The number of likely N-dealkylation sites (tertiary alicyclic amines) is 1. The highest BCUT2D eigenvalue weighted by Gasteiger charge is 2.32. The van der Waals surface area contributed by atoms with Crippen LogP contribution >= 0.6 is 0 Å². The summed E-state index contributed by atoms with van der Waals surface area (Å²) in [6.45, 7) is 8.55. The van der Waals surface area contributed by atoms with Crippen molar-refractivity contribution in [3.8, 4) is 0 Å². The molecule has 0 aromatic heterocycles. The minimum Gasteiger partial charge on any atom is -0.331 e. The van der Waals surface area contributed by atoms with Crippen LogP contribution in [0, 0.1) is 5.82 Å². The van der Waals surface area contributed by atoms with Gasteiger partial charge in [0.05, 0.1) is 26.2 Å². The molecular formula is C17H29FN3+3. The van der Waals surface area contributed by atoms with Crippen molar-refractivity contribution in [1.29, 1.82) is 0 Å². The average Bonchev–Trinajstić information content (AvgIpc) is 2.51. The van der Waals surface area contributed by atoms with E-state index >= 15 is 0 Å². The van der Waals surface area contributed by atoms with E-state index in [1.54, 1.807) is 21.9 Å². The van der Waals surface area contributed by atoms with Gasteiger partial charge in [0.2, 0.25) is 0 Å². The summed E-state index contributed by atoms with van der Waals surface area (Å²) in [5.41, 5.74) is 0.876. The molecular weight excluding hydrogens is 265 g/mol. The molecule has 2 aliphatic heterocycles. The highest BCUT2D eigenvalue weighted by molar-refractivity contribution is 5.15. The van der Waals surface area contributed by atoms with Crippen LogP contribution in [-0.2, 0) is 6.54 Å². The van der Waals surface area contributed by atoms with E-state index in [2.05, 4.69) is 7.05 Å². The van der Waals surface area contributed by atoms with E-state index in [1.165, 1.54) is 52.1 Å². The van der Waals surface area contributed by atoms with Gasteiger partial charge in [-0.15, -0.1) is 0 Å². The van der Waals surface area contributed by atoms with Crippen LogP contribution in [0.5, 0.6) is 0 Å². The van der Waals surface area contributed by atoms with Gasteiger partial charge in [0.15, 0.2) is 0 Å². The Bertz CT molecular complexity index is 449. The number of hydrogen-bond donors (Lipinski definition) is 3. The van der Waals surface area contributed by atoms with E-state index in [0.717, 1.165) is 18.2 Å². The van der Waals surface area contributed by atoms with Gasteiger partial charge in [-0.25, -0.2) is 4.39 Å². The topological polar surface area (TPSA) is 13.3 Å². The molecule has 3 N–H and O–H groups in total. The summed E-state index contributed by atoms with van der Waals surface area (Å²) < 4.78 is 13.7. The molecule has 0 atom stereocenters. The van der Waals surface area contributed by atoms with Crippen LogP contribution in [0.1, 0.15) is 18.4 Å². The molecule has 0 bridgehead atoms. The lowest BCUT2D eigenvalue weighted by atomic mass is 10.0. The Morgan fingerprint density at radius 2 is 1.67 bits per heavy atom. The second-order valence-corrected chi connectivity index (χ2v) is 6.91. The van der Waals surface area contributed by atoms with Gasteiger partial charge in [-0.2, -0.15) is 0 Å². The third kappa shape index (κ3) is 3.82. The fraction of sp³-hybridized carbons (Fsp3) is 0.647. The standard InChI is InChI=1S/C17H26FN3/c1-19-10-12-21(13-11-19)16-6-8-20(9-7-16)14-15-4-2-3-5-17(15)18/h2-5,16H,6-14H2,1H3/p+3. The molecule has 0 spiro atoms. The first-order valence-corrected chi connectivity index (χ1v) is 8.45. The molecule has 1 aromatic carbocycles. The van der Waals surface area contributed by atoms with Crippen LogP contribution in [-0.4, -0.2) is 52.4 Å². The van der Waals surface area contributed by atoms with E-state index < -0.39 is 0 Å². The van der Waals surface area contributed by atoms with Crippen LogP contribution in [0.4, 0.5) is 4.39 Å². The van der Waals surface area contributed by atoms with Gasteiger partial charge in [0.25, 0.3) is 0 Å². The second-order valence-electron chi connectivity index (χ2n) is 6.91. The summed E-state index contributed by atoms with van der Waals surface area (Å²) in [7, 11) is 2.30. The van der Waals surface area contributed by atoms with Crippen LogP contribution in [0.15, 0.2) is 24.3 Å². The van der Waals surface area contributed by atoms with Crippen LogP contribution in [0.2, 0.25) is 0 Å². The summed E-state index contributed by atoms with van der Waals surface area (Å²) >= 11 is 0. The normalized spacial score (nSPS) is 33.8. The maximum absolute atomic E-state index is 13.7. The molecule has 1 aromatic rings. The largest absolute Gasteiger partial charge is 0.331 e. The van der Waals surface area contributed by atoms with Crippen molar-refractivity contribution >= 4 is 0 Å². The van der Waals surface area contributed by atoms with Crippen molar-refractivity contribution in [2.24, 2.45) is 0 Å². The van der Waals surface area contributed by atoms with Crippen molar-refractivity contribution in [2.75, 3.05) is 46.3 Å². The van der Waals surface area contributed by atoms with Gasteiger partial charge in [-0.1, -0.05) is 18.2 Å². The highest BCUT2D eigenvalue weighted by atomic mass is 19.1. The molecule has 0 saturated carbocycles. The molecule has 0 radical (unpaired) electrons. The first-order valence-electron chi connectivity index (χ1n) is 8.45. The number of rotatable bonds is 3. The molecule has 0 aliphatic carbocycles. The summed E-state index contributed by atoms with van der Waals surface area (Å²) in [5, 5.41) is 0. The van der Waals surface area contributed by atoms with E-state index in [4.69, 9.17) is 0 Å². The summed E-state index contributed by atoms with van der Waals surface area (Å²) in [6.07, 6.45) is 2.61. The third-order valence-corrected chi connectivity index (χ3v) is 5.41. The lowest BCUT2D eigenvalue weighted by Gasteiger charge is -2.37. The fourth-order valence-electron chi connectivity index (χ4n) is 3.93. The molecule has 3 nitrogen and oxygen atoms in total. The molecule has 2 fully saturated rings. The lowest BCUT2D eigenvalue weighted by Crippen LogP contribution is -3.29.